The Balaban J connectivity index is 1.54. The number of anilines is 2. The van der Waals surface area contributed by atoms with Crippen LogP contribution in [0, 0.1) is 0 Å². The van der Waals surface area contributed by atoms with E-state index in [9.17, 15) is 35.9 Å². The fourth-order valence-electron chi connectivity index (χ4n) is 4.93. The Morgan fingerprint density at radius 1 is 0.935 bits per heavy atom. The van der Waals surface area contributed by atoms with Gasteiger partial charge in [0.15, 0.2) is 0 Å². The number of nitrogens with zero attached hydrogens (tertiary/aromatic N) is 3. The summed E-state index contributed by atoms with van der Waals surface area (Å²) in [5.41, 5.74) is -5.99. The topological polar surface area (TPSA) is 106 Å². The van der Waals surface area contributed by atoms with Crippen LogP contribution in [-0.4, -0.2) is 64.0 Å². The first kappa shape index (κ1) is 34.5. The molecule has 15 heteroatoms. The molecule has 1 aliphatic heterocycles. The van der Waals surface area contributed by atoms with Crippen LogP contribution in [0.5, 0.6) is 0 Å². The second-order valence-corrected chi connectivity index (χ2v) is 11.6. The van der Waals surface area contributed by atoms with E-state index in [0.29, 0.717) is 25.1 Å². The third kappa shape index (κ3) is 7.87. The predicted octanol–water partition coefficient (Wildman–Crippen LogP) is 7.08. The molecule has 0 unspecified atom stereocenters. The molecular formula is C31H33F6N5O4. The van der Waals surface area contributed by atoms with Crippen molar-refractivity contribution in [1.29, 1.82) is 0 Å². The second kappa shape index (κ2) is 13.5. The van der Waals surface area contributed by atoms with Gasteiger partial charge in [0.1, 0.15) is 11.4 Å². The lowest BCUT2D eigenvalue weighted by Crippen LogP contribution is -2.57. The van der Waals surface area contributed by atoms with Crippen molar-refractivity contribution in [3.8, 4) is 0 Å². The molecule has 0 bridgehead atoms. The van der Waals surface area contributed by atoms with Crippen LogP contribution in [0.2, 0.25) is 0 Å². The quantitative estimate of drug-likeness (QED) is 0.238. The van der Waals surface area contributed by atoms with Gasteiger partial charge in [-0.3, -0.25) is 9.78 Å². The van der Waals surface area contributed by atoms with Crippen LogP contribution in [0.4, 0.5) is 42.6 Å². The summed E-state index contributed by atoms with van der Waals surface area (Å²) in [4.78, 5) is 34.8. The lowest BCUT2D eigenvalue weighted by molar-refractivity contribution is -0.390. The van der Waals surface area contributed by atoms with E-state index in [2.05, 4.69) is 20.6 Å². The van der Waals surface area contributed by atoms with Gasteiger partial charge in [0.05, 0.1) is 18.2 Å². The normalized spacial score (nSPS) is 15.8. The molecule has 2 aromatic heterocycles. The number of amides is 2. The summed E-state index contributed by atoms with van der Waals surface area (Å²) in [5, 5.41) is 5.49. The van der Waals surface area contributed by atoms with E-state index in [-0.39, 0.29) is 30.0 Å². The third-order valence-electron chi connectivity index (χ3n) is 7.11. The summed E-state index contributed by atoms with van der Waals surface area (Å²) in [5.74, 6) is -0.488. The second-order valence-electron chi connectivity index (χ2n) is 11.6. The summed E-state index contributed by atoms with van der Waals surface area (Å²) in [6, 6.07) is 8.45. The smallest absolute Gasteiger partial charge is 0.430 e. The van der Waals surface area contributed by atoms with Gasteiger partial charge in [0, 0.05) is 42.9 Å². The van der Waals surface area contributed by atoms with Gasteiger partial charge in [0.2, 0.25) is 0 Å². The van der Waals surface area contributed by atoms with Crippen LogP contribution in [0.1, 0.15) is 55.1 Å². The van der Waals surface area contributed by atoms with Crippen molar-refractivity contribution in [2.24, 2.45) is 0 Å². The fraction of sp³-hybridized carbons (Fsp3) is 0.419. The van der Waals surface area contributed by atoms with E-state index in [1.807, 2.05) is 0 Å². The van der Waals surface area contributed by atoms with Crippen molar-refractivity contribution in [3.05, 3.63) is 83.8 Å². The molecule has 3 aromatic rings. The van der Waals surface area contributed by atoms with Crippen molar-refractivity contribution in [1.82, 2.24) is 14.9 Å². The molecule has 2 amide bonds. The third-order valence-corrected chi connectivity index (χ3v) is 7.11. The van der Waals surface area contributed by atoms with E-state index < -0.39 is 53.8 Å². The van der Waals surface area contributed by atoms with Gasteiger partial charge >= 0.3 is 18.4 Å². The van der Waals surface area contributed by atoms with Crippen molar-refractivity contribution >= 4 is 23.5 Å². The standard InChI is InChI=1S/C31H33F6N5O4/c1-28(2,3)46-27(44)42-17-5-6-23(42)19-45-29(30(32,33)34,31(35,36)37)21-8-10-22(11-9-21)41-26(43)24-7-4-14-39-25(24)40-18-20-12-15-38-16-13-20/h4,7-16,23H,5-6,17-19H2,1-3H3,(H,39,40)(H,41,43)/t23-/m0/s1. The first-order chi connectivity index (χ1) is 21.5. The van der Waals surface area contributed by atoms with E-state index in [1.54, 1.807) is 45.3 Å². The molecule has 0 aliphatic carbocycles. The fourth-order valence-corrected chi connectivity index (χ4v) is 4.93. The monoisotopic (exact) mass is 653 g/mol. The number of alkyl halides is 6. The first-order valence-electron chi connectivity index (χ1n) is 14.3. The maximum Gasteiger partial charge on any atom is 0.430 e. The minimum atomic E-state index is -5.93. The number of rotatable bonds is 9. The Morgan fingerprint density at radius 2 is 1.59 bits per heavy atom. The number of nitrogens with one attached hydrogen (secondary N) is 2. The van der Waals surface area contributed by atoms with Crippen molar-refractivity contribution < 1.29 is 45.4 Å². The van der Waals surface area contributed by atoms with E-state index in [4.69, 9.17) is 9.47 Å². The summed E-state index contributed by atoms with van der Waals surface area (Å²) in [7, 11) is 0. The molecule has 0 saturated carbocycles. The summed E-state index contributed by atoms with van der Waals surface area (Å²) in [6.07, 6.45) is -7.60. The molecule has 1 aliphatic rings. The lowest BCUT2D eigenvalue weighted by Gasteiger charge is -2.39. The van der Waals surface area contributed by atoms with Gasteiger partial charge < -0.3 is 25.0 Å². The number of pyridine rings is 2. The Bertz CT molecular complexity index is 1480. The molecule has 3 heterocycles. The van der Waals surface area contributed by atoms with Gasteiger partial charge in [-0.05, 0) is 75.6 Å². The molecule has 1 fully saturated rings. The van der Waals surface area contributed by atoms with E-state index in [0.717, 1.165) is 22.6 Å². The SMILES string of the molecule is CC(C)(C)OC(=O)N1CCC[C@H]1COC(c1ccc(NC(=O)c2cccnc2NCc2ccncc2)cc1)(C(F)(F)F)C(F)(F)F. The number of aromatic nitrogens is 2. The van der Waals surface area contributed by atoms with Gasteiger partial charge in [-0.2, -0.15) is 26.3 Å². The Morgan fingerprint density at radius 3 is 2.20 bits per heavy atom. The number of benzene rings is 1. The molecule has 4 rings (SSSR count). The number of ether oxygens (including phenoxy) is 2. The molecule has 46 heavy (non-hydrogen) atoms. The molecule has 248 valence electrons. The Labute approximate surface area is 261 Å². The minimum absolute atomic E-state index is 0.0668. The van der Waals surface area contributed by atoms with Crippen LogP contribution < -0.4 is 10.6 Å². The van der Waals surface area contributed by atoms with Gasteiger partial charge in [-0.1, -0.05) is 12.1 Å². The molecule has 1 aromatic carbocycles. The van der Waals surface area contributed by atoms with Crippen LogP contribution in [0.3, 0.4) is 0 Å². The van der Waals surface area contributed by atoms with Crippen LogP contribution in [0.25, 0.3) is 0 Å². The highest BCUT2D eigenvalue weighted by atomic mass is 19.4. The average Bonchev–Trinajstić information content (AvgIpc) is 3.44. The maximum absolute atomic E-state index is 14.4. The highest BCUT2D eigenvalue weighted by Gasteiger charge is 2.73. The number of hydrogen-bond acceptors (Lipinski definition) is 7. The zero-order valence-electron chi connectivity index (χ0n) is 25.2. The highest BCUT2D eigenvalue weighted by Crippen LogP contribution is 2.53. The van der Waals surface area contributed by atoms with Crippen molar-refractivity contribution in [3.63, 3.8) is 0 Å². The van der Waals surface area contributed by atoms with E-state index >= 15 is 0 Å². The summed E-state index contributed by atoms with van der Waals surface area (Å²) < 4.78 is 96.7. The number of carbonyl (C=O) groups excluding carboxylic acids is 2. The minimum Gasteiger partial charge on any atom is -0.444 e. The first-order valence-corrected chi connectivity index (χ1v) is 14.3. The predicted molar refractivity (Wildman–Crippen MR) is 156 cm³/mol. The lowest BCUT2D eigenvalue weighted by atomic mass is 9.91. The summed E-state index contributed by atoms with van der Waals surface area (Å²) >= 11 is 0. The Kier molecular flexibility index (Phi) is 10.1. The van der Waals surface area contributed by atoms with Crippen LogP contribution in [-0.2, 0) is 21.6 Å². The average molecular weight is 654 g/mol. The molecule has 1 atom stereocenters. The number of halogens is 6. The summed E-state index contributed by atoms with van der Waals surface area (Å²) in [6.45, 7) is 4.13. The molecule has 0 spiro atoms. The van der Waals surface area contributed by atoms with Crippen LogP contribution in [0.15, 0.2) is 67.1 Å². The molecule has 9 nitrogen and oxygen atoms in total. The zero-order valence-corrected chi connectivity index (χ0v) is 25.2. The number of likely N-dealkylation sites (tertiary alicyclic amines) is 1. The molecule has 0 radical (unpaired) electrons. The largest absolute Gasteiger partial charge is 0.444 e. The highest BCUT2D eigenvalue weighted by molar-refractivity contribution is 6.07. The van der Waals surface area contributed by atoms with Crippen LogP contribution >= 0.6 is 0 Å². The van der Waals surface area contributed by atoms with E-state index in [1.165, 1.54) is 18.3 Å². The number of hydrogen-bond donors (Lipinski definition) is 2. The zero-order chi connectivity index (χ0) is 33.8. The molecule has 2 N–H and O–H groups in total. The molecular weight excluding hydrogens is 620 g/mol. The number of carbonyl (C=O) groups is 2. The van der Waals surface area contributed by atoms with Gasteiger partial charge in [-0.15, -0.1) is 0 Å². The van der Waals surface area contributed by atoms with Gasteiger partial charge in [0.25, 0.3) is 11.5 Å². The van der Waals surface area contributed by atoms with Gasteiger partial charge in [-0.25, -0.2) is 9.78 Å². The maximum atomic E-state index is 14.4. The Hall–Kier alpha value is -4.40. The van der Waals surface area contributed by atoms with Crippen molar-refractivity contribution in [2.75, 3.05) is 23.8 Å². The molecule has 1 saturated heterocycles. The van der Waals surface area contributed by atoms with Crippen molar-refractivity contribution in [2.45, 2.75) is 69.8 Å².